The quantitative estimate of drug-likeness (QED) is 0.797. The van der Waals surface area contributed by atoms with Gasteiger partial charge in [0.15, 0.2) is 6.04 Å². The van der Waals surface area contributed by atoms with Crippen molar-refractivity contribution in [2.45, 2.75) is 57.6 Å². The van der Waals surface area contributed by atoms with Gasteiger partial charge in [-0.05, 0) is 82.8 Å². The molecule has 1 aromatic carbocycles. The van der Waals surface area contributed by atoms with Gasteiger partial charge in [-0.3, -0.25) is 4.90 Å². The molecular weight excluding hydrogens is 351 g/mol. The Hall–Kier alpha value is -1.48. The number of aliphatic carboxylic acids is 1. The van der Waals surface area contributed by atoms with Crippen molar-refractivity contribution in [3.05, 3.63) is 34.9 Å². The average Bonchev–Trinajstić information content (AvgIpc) is 2.59. The Morgan fingerprint density at radius 3 is 2.29 bits per heavy atom. The predicted octanol–water partition coefficient (Wildman–Crippen LogP) is 2.77. The van der Waals surface area contributed by atoms with Crippen molar-refractivity contribution in [3.8, 4) is 0 Å². The molecule has 150 valence electrons. The molecule has 3 rings (SSSR count). The van der Waals surface area contributed by atoms with Crippen LogP contribution < -0.4 is 0 Å². The molecule has 1 atom stereocenters. The molecule has 0 bridgehead atoms. The number of carboxylic acid groups (broad SMARTS) is 1. The summed E-state index contributed by atoms with van der Waals surface area (Å²) in [7, 11) is 2.13. The number of carbonyl (C=O) groups excluding carboxylic acids is 1. The first-order valence-corrected chi connectivity index (χ1v) is 9.70. The number of nitrogens with zero attached hydrogens (tertiary/aromatic N) is 2. The summed E-state index contributed by atoms with van der Waals surface area (Å²) < 4.78 is 5.45. The average molecular weight is 382 g/mol. The van der Waals surface area contributed by atoms with E-state index in [9.17, 15) is 14.7 Å². The van der Waals surface area contributed by atoms with Crippen molar-refractivity contribution in [3.63, 3.8) is 0 Å². The number of hydrogen-bond acceptors (Lipinski definition) is 4. The van der Waals surface area contributed by atoms with E-state index in [0.717, 1.165) is 37.1 Å². The predicted molar refractivity (Wildman–Crippen MR) is 110 cm³/mol. The molecule has 1 N–H and O–H groups in total. The third-order valence-electron chi connectivity index (χ3n) is 5.48. The molecule has 28 heavy (non-hydrogen) atoms. The van der Waals surface area contributed by atoms with Crippen LogP contribution in [0.15, 0.2) is 18.2 Å². The van der Waals surface area contributed by atoms with Gasteiger partial charge in [-0.15, -0.1) is 0 Å². The fourth-order valence-corrected chi connectivity index (χ4v) is 4.18. The van der Waals surface area contributed by atoms with Crippen LogP contribution in [0.2, 0.25) is 0 Å². The minimum atomic E-state index is -1.01. The van der Waals surface area contributed by atoms with E-state index < -0.39 is 23.7 Å². The molecule has 2 aliphatic heterocycles. The van der Waals surface area contributed by atoms with Gasteiger partial charge in [0.05, 0.1) is 0 Å². The Kier molecular flexibility index (Phi) is 7.25. The zero-order valence-corrected chi connectivity index (χ0v) is 16.7. The first-order chi connectivity index (χ1) is 12.7. The maximum absolute atomic E-state index is 12.6. The van der Waals surface area contributed by atoms with Gasteiger partial charge < -0.3 is 14.7 Å². The first-order valence-electron chi connectivity index (χ1n) is 9.70. The van der Waals surface area contributed by atoms with Gasteiger partial charge in [-0.25, -0.2) is 9.59 Å². The molecule has 0 spiro atoms. The summed E-state index contributed by atoms with van der Waals surface area (Å²) >= 11 is 0. The molecule has 1 fully saturated rings. The Balaban J connectivity index is 0.00000280. The van der Waals surface area contributed by atoms with Crippen LogP contribution in [-0.2, 0) is 16.0 Å². The first kappa shape index (κ1) is 22.8. The topological polar surface area (TPSA) is 70.1 Å². The number of piperidine rings is 1. The summed E-state index contributed by atoms with van der Waals surface area (Å²) in [5, 5.41) is 9.88. The monoisotopic (exact) mass is 382 g/mol. The van der Waals surface area contributed by atoms with Crippen LogP contribution in [0.4, 0.5) is 4.79 Å². The molecule has 0 aliphatic carbocycles. The Morgan fingerprint density at radius 1 is 1.11 bits per heavy atom. The zero-order chi connectivity index (χ0) is 19.8. The van der Waals surface area contributed by atoms with E-state index in [1.54, 1.807) is 20.8 Å². The number of amides is 1. The molecule has 1 amide bonds. The summed E-state index contributed by atoms with van der Waals surface area (Å²) in [4.78, 5) is 28.4. The molecule has 2 heterocycles. The number of carbonyl (C=O) groups is 2. The van der Waals surface area contributed by atoms with E-state index in [-0.39, 0.29) is 18.9 Å². The Labute approximate surface area is 179 Å². The molecular formula is C21H31LiN2O4. The van der Waals surface area contributed by atoms with Crippen molar-refractivity contribution in [1.29, 1.82) is 0 Å². The van der Waals surface area contributed by atoms with E-state index in [0.29, 0.717) is 18.9 Å². The van der Waals surface area contributed by atoms with Crippen molar-refractivity contribution in [2.24, 2.45) is 0 Å². The Bertz CT molecular complexity index is 724. The van der Waals surface area contributed by atoms with Gasteiger partial charge >= 0.3 is 30.9 Å². The maximum atomic E-state index is 12.6. The number of ether oxygens (including phenoxy) is 1. The number of carboxylic acids is 1. The standard InChI is InChI=1S/C21H30N2O4.Li.H/c1-21(2,3)27-20(26)23-13-10-16-15(14-8-11-22(4)12-9-14)6-5-7-17(16)18(23)19(24)25;;/h5-7,14,18H,8-13H2,1-4H3,(H,24,25);;. The molecule has 7 heteroatoms. The molecule has 0 radical (unpaired) electrons. The van der Waals surface area contributed by atoms with Crippen LogP contribution in [0.5, 0.6) is 0 Å². The normalized spacial score (nSPS) is 20.9. The van der Waals surface area contributed by atoms with Gasteiger partial charge in [-0.2, -0.15) is 0 Å². The van der Waals surface area contributed by atoms with Gasteiger partial charge in [0.25, 0.3) is 0 Å². The summed E-state index contributed by atoms with van der Waals surface area (Å²) in [6, 6.07) is 4.93. The third-order valence-corrected chi connectivity index (χ3v) is 5.48. The second-order valence-electron chi connectivity index (χ2n) is 8.66. The van der Waals surface area contributed by atoms with Crippen LogP contribution in [0, 0.1) is 0 Å². The number of likely N-dealkylation sites (tertiary alicyclic amines) is 1. The zero-order valence-electron chi connectivity index (χ0n) is 16.7. The summed E-state index contributed by atoms with van der Waals surface area (Å²) in [5.74, 6) is -0.555. The second-order valence-corrected chi connectivity index (χ2v) is 8.66. The fourth-order valence-electron chi connectivity index (χ4n) is 4.18. The van der Waals surface area contributed by atoms with Crippen molar-refractivity contribution in [2.75, 3.05) is 26.7 Å². The number of benzene rings is 1. The molecule has 1 saturated heterocycles. The van der Waals surface area contributed by atoms with Crippen LogP contribution in [0.1, 0.15) is 62.3 Å². The molecule has 0 aromatic heterocycles. The number of rotatable bonds is 2. The van der Waals surface area contributed by atoms with Gasteiger partial charge in [0, 0.05) is 6.54 Å². The summed E-state index contributed by atoms with van der Waals surface area (Å²) in [6.07, 6.45) is 2.27. The minimum absolute atomic E-state index is 0. The molecule has 0 saturated carbocycles. The number of fused-ring (bicyclic) bond motifs is 1. The number of hydrogen-bond donors (Lipinski definition) is 1. The van der Waals surface area contributed by atoms with Crippen LogP contribution in [0.25, 0.3) is 0 Å². The molecule has 6 nitrogen and oxygen atoms in total. The van der Waals surface area contributed by atoms with Gasteiger partial charge in [-0.1, -0.05) is 18.2 Å². The summed E-state index contributed by atoms with van der Waals surface area (Å²) in [5.41, 5.74) is 2.45. The van der Waals surface area contributed by atoms with E-state index in [1.807, 2.05) is 12.1 Å². The van der Waals surface area contributed by atoms with Gasteiger partial charge in [0.1, 0.15) is 5.60 Å². The molecule has 1 unspecified atom stereocenters. The van der Waals surface area contributed by atoms with Crippen molar-refractivity contribution in [1.82, 2.24) is 9.80 Å². The SMILES string of the molecule is CN1CCC(c2cccc3c2CCN(C(=O)OC(C)(C)C)C3C(=O)O)CC1.[LiH]. The van der Waals surface area contributed by atoms with E-state index in [2.05, 4.69) is 18.0 Å². The van der Waals surface area contributed by atoms with Gasteiger partial charge in [0.2, 0.25) is 0 Å². The fraction of sp³-hybridized carbons (Fsp3) is 0.619. The second kappa shape index (κ2) is 8.90. The van der Waals surface area contributed by atoms with E-state index >= 15 is 0 Å². The van der Waals surface area contributed by atoms with Crippen molar-refractivity contribution < 1.29 is 19.4 Å². The van der Waals surface area contributed by atoms with Crippen molar-refractivity contribution >= 4 is 30.9 Å². The summed E-state index contributed by atoms with van der Waals surface area (Å²) in [6.45, 7) is 7.84. The van der Waals surface area contributed by atoms with Crippen LogP contribution in [0.3, 0.4) is 0 Å². The van der Waals surface area contributed by atoms with Crippen LogP contribution in [-0.4, -0.2) is 78.1 Å². The van der Waals surface area contributed by atoms with E-state index in [4.69, 9.17) is 4.74 Å². The van der Waals surface area contributed by atoms with E-state index in [1.165, 1.54) is 10.5 Å². The molecule has 1 aromatic rings. The van der Waals surface area contributed by atoms with Crippen LogP contribution >= 0.6 is 0 Å². The third kappa shape index (κ3) is 4.92. The Morgan fingerprint density at radius 2 is 1.71 bits per heavy atom. The molecule has 2 aliphatic rings.